The molecule has 0 radical (unpaired) electrons. The molecule has 0 spiro atoms. The third-order valence-electron chi connectivity index (χ3n) is 1.80. The Balaban J connectivity index is 2.94. The van der Waals surface area contributed by atoms with Gasteiger partial charge in [0.05, 0.1) is 5.69 Å². The van der Waals surface area contributed by atoms with Crippen molar-refractivity contribution in [3.8, 4) is 0 Å². The first-order valence-corrected chi connectivity index (χ1v) is 4.20. The molecular formula is C9H15N3. The topological polar surface area (TPSA) is 50.9 Å². The van der Waals surface area contributed by atoms with Crippen molar-refractivity contribution in [3.05, 3.63) is 23.5 Å². The summed E-state index contributed by atoms with van der Waals surface area (Å²) in [5, 5.41) is 0. The van der Waals surface area contributed by atoms with Gasteiger partial charge in [0, 0.05) is 11.9 Å². The van der Waals surface area contributed by atoms with Crippen LogP contribution in [0, 0.1) is 6.92 Å². The highest BCUT2D eigenvalue weighted by atomic mass is 15.2. The van der Waals surface area contributed by atoms with Crippen LogP contribution in [0.5, 0.6) is 0 Å². The van der Waals surface area contributed by atoms with E-state index in [0.29, 0.717) is 0 Å². The molecule has 0 saturated carbocycles. The number of nitrogen functional groups attached to an aromatic ring is 1. The second-order valence-electron chi connectivity index (χ2n) is 2.88. The van der Waals surface area contributed by atoms with Crippen LogP contribution < -0.4 is 11.3 Å². The van der Waals surface area contributed by atoms with Crippen molar-refractivity contribution in [1.82, 2.24) is 4.98 Å². The van der Waals surface area contributed by atoms with E-state index in [2.05, 4.69) is 17.3 Å². The van der Waals surface area contributed by atoms with Gasteiger partial charge in [0.1, 0.15) is 0 Å². The first-order chi connectivity index (χ1) is 5.77. The lowest BCUT2D eigenvalue weighted by Gasteiger charge is -2.07. The molecule has 0 aromatic carbocycles. The van der Waals surface area contributed by atoms with Gasteiger partial charge in [0.15, 0.2) is 0 Å². The highest BCUT2D eigenvalue weighted by Gasteiger charge is 2.00. The Hall–Kier alpha value is -1.09. The Morgan fingerprint density at radius 2 is 2.33 bits per heavy atom. The molecule has 0 unspecified atom stereocenters. The molecule has 0 aliphatic heterocycles. The van der Waals surface area contributed by atoms with Crippen molar-refractivity contribution in [1.29, 1.82) is 0 Å². The van der Waals surface area contributed by atoms with Gasteiger partial charge in [-0.2, -0.15) is 0 Å². The summed E-state index contributed by atoms with van der Waals surface area (Å²) in [7, 11) is 0. The molecule has 3 heteroatoms. The maximum Gasteiger partial charge on any atom is 0.0550 e. The molecule has 1 rings (SSSR count). The number of hydrazine groups is 1. The number of nitrogens with two attached hydrogens (primary N) is 1. The molecule has 66 valence electrons. The smallest absolute Gasteiger partial charge is 0.0550 e. The molecule has 12 heavy (non-hydrogen) atoms. The average Bonchev–Trinajstić information content (AvgIpc) is 2.08. The van der Waals surface area contributed by atoms with Crippen molar-refractivity contribution in [2.45, 2.75) is 26.7 Å². The zero-order valence-electron chi connectivity index (χ0n) is 7.59. The van der Waals surface area contributed by atoms with E-state index in [9.17, 15) is 0 Å². The summed E-state index contributed by atoms with van der Waals surface area (Å²) in [4.78, 5) is 4.21. The predicted molar refractivity (Wildman–Crippen MR) is 50.8 cm³/mol. The molecule has 0 saturated heterocycles. The molecule has 3 nitrogen and oxygen atoms in total. The quantitative estimate of drug-likeness (QED) is 0.528. The van der Waals surface area contributed by atoms with Gasteiger partial charge in [-0.25, -0.2) is 0 Å². The third kappa shape index (κ3) is 1.95. The van der Waals surface area contributed by atoms with Crippen LogP contribution >= 0.6 is 0 Å². The summed E-state index contributed by atoms with van der Waals surface area (Å²) in [6, 6.07) is 1.96. The van der Waals surface area contributed by atoms with E-state index >= 15 is 0 Å². The van der Waals surface area contributed by atoms with Gasteiger partial charge in [-0.1, -0.05) is 13.3 Å². The molecule has 3 N–H and O–H groups in total. The van der Waals surface area contributed by atoms with Crippen molar-refractivity contribution in [3.63, 3.8) is 0 Å². The number of nitrogens with one attached hydrogen (secondary N) is 1. The van der Waals surface area contributed by atoms with Crippen LogP contribution in [-0.2, 0) is 6.42 Å². The Labute approximate surface area is 73.0 Å². The molecule has 1 aromatic heterocycles. The summed E-state index contributed by atoms with van der Waals surface area (Å²) in [6.45, 7) is 4.09. The van der Waals surface area contributed by atoms with Gasteiger partial charge in [0.2, 0.25) is 0 Å². The average molecular weight is 165 g/mol. The largest absolute Gasteiger partial charge is 0.324 e. The number of rotatable bonds is 3. The molecule has 0 aliphatic rings. The van der Waals surface area contributed by atoms with Crippen LogP contribution in [0.2, 0.25) is 0 Å². The molecular weight excluding hydrogens is 150 g/mol. The first kappa shape index (κ1) is 9.00. The minimum atomic E-state index is 0.989. The maximum absolute atomic E-state index is 5.37. The van der Waals surface area contributed by atoms with Gasteiger partial charge in [-0.15, -0.1) is 0 Å². The lowest BCUT2D eigenvalue weighted by molar-refractivity contribution is 0.910. The van der Waals surface area contributed by atoms with Crippen LogP contribution in [0.3, 0.4) is 0 Å². The summed E-state index contributed by atoms with van der Waals surface area (Å²) in [6.07, 6.45) is 4.01. The predicted octanol–water partition coefficient (Wildman–Crippen LogP) is 1.63. The summed E-state index contributed by atoms with van der Waals surface area (Å²) < 4.78 is 0. The lowest BCUT2D eigenvalue weighted by atomic mass is 10.1. The highest BCUT2D eigenvalue weighted by molar-refractivity contribution is 5.49. The Morgan fingerprint density at radius 1 is 1.58 bits per heavy atom. The Bertz CT molecular complexity index is 258. The van der Waals surface area contributed by atoms with Gasteiger partial charge in [0.25, 0.3) is 0 Å². The van der Waals surface area contributed by atoms with Crippen LogP contribution in [0.4, 0.5) is 5.69 Å². The van der Waals surface area contributed by atoms with E-state index < -0.39 is 0 Å². The number of anilines is 1. The Morgan fingerprint density at radius 3 is 2.92 bits per heavy atom. The summed E-state index contributed by atoms with van der Waals surface area (Å²) in [5.74, 6) is 5.37. The van der Waals surface area contributed by atoms with Gasteiger partial charge in [-0.3, -0.25) is 10.8 Å². The zero-order valence-corrected chi connectivity index (χ0v) is 7.59. The fourth-order valence-corrected chi connectivity index (χ4v) is 1.19. The van der Waals surface area contributed by atoms with Crippen LogP contribution in [-0.4, -0.2) is 4.98 Å². The lowest BCUT2D eigenvalue weighted by Crippen LogP contribution is -2.09. The van der Waals surface area contributed by atoms with Gasteiger partial charge < -0.3 is 5.43 Å². The monoisotopic (exact) mass is 165 g/mol. The Kier molecular flexibility index (Phi) is 3.05. The fourth-order valence-electron chi connectivity index (χ4n) is 1.19. The number of aryl methyl sites for hydroxylation is 2. The third-order valence-corrected chi connectivity index (χ3v) is 1.80. The molecule has 1 heterocycles. The summed E-state index contributed by atoms with van der Waals surface area (Å²) >= 11 is 0. The molecule has 0 amide bonds. The van der Waals surface area contributed by atoms with Crippen molar-refractivity contribution in [2.24, 2.45) is 5.84 Å². The minimum absolute atomic E-state index is 0.989. The molecule has 0 atom stereocenters. The SMILES string of the molecule is CCCc1cnc(C)cc1NN. The van der Waals surface area contributed by atoms with Crippen LogP contribution in [0.1, 0.15) is 24.6 Å². The summed E-state index contributed by atoms with van der Waals surface area (Å²) in [5.41, 5.74) is 5.85. The van der Waals surface area contributed by atoms with E-state index in [0.717, 1.165) is 24.2 Å². The molecule has 1 aromatic rings. The molecule has 0 bridgehead atoms. The first-order valence-electron chi connectivity index (χ1n) is 4.20. The number of hydrogen-bond acceptors (Lipinski definition) is 3. The van der Waals surface area contributed by atoms with Crippen molar-refractivity contribution < 1.29 is 0 Å². The zero-order chi connectivity index (χ0) is 8.97. The van der Waals surface area contributed by atoms with E-state index in [1.54, 1.807) is 0 Å². The van der Waals surface area contributed by atoms with E-state index in [-0.39, 0.29) is 0 Å². The number of nitrogens with zero attached hydrogens (tertiary/aromatic N) is 1. The second-order valence-corrected chi connectivity index (χ2v) is 2.88. The normalized spacial score (nSPS) is 9.92. The number of pyridine rings is 1. The highest BCUT2D eigenvalue weighted by Crippen LogP contribution is 2.15. The van der Waals surface area contributed by atoms with Gasteiger partial charge in [-0.05, 0) is 25.0 Å². The fraction of sp³-hybridized carbons (Fsp3) is 0.444. The van der Waals surface area contributed by atoms with Crippen molar-refractivity contribution >= 4 is 5.69 Å². The van der Waals surface area contributed by atoms with Crippen LogP contribution in [0.25, 0.3) is 0 Å². The van der Waals surface area contributed by atoms with Crippen molar-refractivity contribution in [2.75, 3.05) is 5.43 Å². The molecule has 0 aliphatic carbocycles. The standard InChI is InChI=1S/C9H15N3/c1-3-4-8-6-11-7(2)5-9(8)12-10/h5-6H,3-4,10H2,1-2H3,(H,11,12). The maximum atomic E-state index is 5.37. The minimum Gasteiger partial charge on any atom is -0.324 e. The number of hydrogen-bond donors (Lipinski definition) is 2. The van der Waals surface area contributed by atoms with E-state index in [4.69, 9.17) is 5.84 Å². The van der Waals surface area contributed by atoms with Crippen LogP contribution in [0.15, 0.2) is 12.3 Å². The second kappa shape index (κ2) is 4.07. The van der Waals surface area contributed by atoms with E-state index in [1.807, 2.05) is 19.2 Å². The van der Waals surface area contributed by atoms with Gasteiger partial charge >= 0.3 is 0 Å². The number of aromatic nitrogens is 1. The van der Waals surface area contributed by atoms with E-state index in [1.165, 1.54) is 5.56 Å². The molecule has 0 fully saturated rings.